The van der Waals surface area contributed by atoms with E-state index in [1.54, 1.807) is 11.0 Å². The van der Waals surface area contributed by atoms with Gasteiger partial charge in [0.25, 0.3) is 5.91 Å². The van der Waals surface area contributed by atoms with Crippen LogP contribution in [0.1, 0.15) is 102 Å². The van der Waals surface area contributed by atoms with E-state index in [0.717, 1.165) is 25.7 Å². The van der Waals surface area contributed by atoms with E-state index in [1.807, 2.05) is 60.7 Å². The van der Waals surface area contributed by atoms with Crippen LogP contribution in [0.2, 0.25) is 0 Å². The molecule has 3 aromatic rings. The maximum absolute atomic E-state index is 14.8. The van der Waals surface area contributed by atoms with Gasteiger partial charge in [0, 0.05) is 24.1 Å². The standard InChI is InChI=1S/C49H58N4O9/c1-27-20-29(3)44(30(4)21-27)61-48(58)42-40(33-14-9-7-10-15-33)35(50-46(42)52-37(54)25-60-26-39(56)57)24-36-41(34-16-11-8-12-17-34)43(47(51-36)53-19-13-18-38(53)55)49(59)62-45-31(5)22-28(2)23-32(45)6/h7-12,14-17,24,27-32,44-45,50H,13,18-23,25-26H2,1-6H3,(H,52,54)(H,56,57). The van der Waals surface area contributed by atoms with Crippen LogP contribution in [0.3, 0.4) is 0 Å². The molecular weight excluding hydrogens is 789 g/mol. The summed E-state index contributed by atoms with van der Waals surface area (Å²) in [5.74, 6) is -1.69. The molecule has 0 bridgehead atoms. The molecule has 3 N–H and O–H groups in total. The number of aliphatic imine (C=N–C) groups is 1. The number of esters is 2. The molecule has 13 heteroatoms. The van der Waals surface area contributed by atoms with Crippen LogP contribution in [-0.4, -0.2) is 82.5 Å². The second-order valence-electron chi connectivity index (χ2n) is 18.0. The second kappa shape index (κ2) is 19.1. The van der Waals surface area contributed by atoms with E-state index in [2.05, 4.69) is 51.8 Å². The van der Waals surface area contributed by atoms with E-state index in [0.29, 0.717) is 64.9 Å². The lowest BCUT2D eigenvalue weighted by molar-refractivity contribution is -0.152. The average molecular weight is 847 g/mol. The summed E-state index contributed by atoms with van der Waals surface area (Å²) < 4.78 is 17.9. The van der Waals surface area contributed by atoms with E-state index in [1.165, 1.54) is 0 Å². The Kier molecular flexibility index (Phi) is 13.6. The predicted molar refractivity (Wildman–Crippen MR) is 236 cm³/mol. The largest absolute Gasteiger partial charge is 0.480 e. The van der Waals surface area contributed by atoms with Gasteiger partial charge in [-0.25, -0.2) is 19.4 Å². The van der Waals surface area contributed by atoms with Crippen molar-refractivity contribution in [2.75, 3.05) is 25.1 Å². The molecule has 13 nitrogen and oxygen atoms in total. The van der Waals surface area contributed by atoms with Crippen LogP contribution in [-0.2, 0) is 33.4 Å². The molecule has 7 rings (SSSR count). The summed E-state index contributed by atoms with van der Waals surface area (Å²) in [6.45, 7) is 11.9. The number of rotatable bonds is 12. The van der Waals surface area contributed by atoms with E-state index in [9.17, 15) is 24.0 Å². The number of nitrogens with one attached hydrogen (secondary N) is 2. The number of amides is 2. The number of amidine groups is 1. The molecule has 2 saturated carbocycles. The quantitative estimate of drug-likeness (QED) is 0.151. The summed E-state index contributed by atoms with van der Waals surface area (Å²) >= 11 is 0. The Morgan fingerprint density at radius 3 is 1.87 bits per heavy atom. The minimum Gasteiger partial charge on any atom is -0.480 e. The normalized spacial score (nSPS) is 27.0. The third-order valence-electron chi connectivity index (χ3n) is 12.7. The fourth-order valence-electron chi connectivity index (χ4n) is 10.3. The van der Waals surface area contributed by atoms with Crippen molar-refractivity contribution in [3.8, 4) is 11.1 Å². The van der Waals surface area contributed by atoms with Crippen LogP contribution in [0.25, 0.3) is 22.8 Å². The van der Waals surface area contributed by atoms with Crippen molar-refractivity contribution in [2.45, 2.75) is 92.3 Å². The number of aromatic nitrogens is 1. The first-order valence-electron chi connectivity index (χ1n) is 21.9. The number of carboxylic acid groups (broad SMARTS) is 1. The number of H-pyrrole nitrogens is 1. The van der Waals surface area contributed by atoms with Crippen LogP contribution < -0.4 is 5.32 Å². The number of hydrogen-bond acceptors (Lipinski definition) is 9. The highest BCUT2D eigenvalue weighted by Crippen LogP contribution is 2.43. The lowest BCUT2D eigenvalue weighted by atomic mass is 9.75. The summed E-state index contributed by atoms with van der Waals surface area (Å²) in [6.07, 6.45) is 5.53. The molecule has 1 aromatic heterocycles. The molecular formula is C49H58N4O9. The Hall–Kier alpha value is -5.82. The first-order valence-corrected chi connectivity index (χ1v) is 21.9. The molecule has 62 heavy (non-hydrogen) atoms. The van der Waals surface area contributed by atoms with Crippen molar-refractivity contribution >= 4 is 53.0 Å². The number of carbonyl (C=O) groups excluding carboxylic acids is 4. The Balaban J connectivity index is 1.41. The molecule has 2 amide bonds. The van der Waals surface area contributed by atoms with Gasteiger partial charge < -0.3 is 29.6 Å². The molecule has 4 atom stereocenters. The summed E-state index contributed by atoms with van der Waals surface area (Å²) in [6, 6.07) is 18.6. The Morgan fingerprint density at radius 1 is 0.790 bits per heavy atom. The van der Waals surface area contributed by atoms with Crippen LogP contribution in [0.4, 0.5) is 5.82 Å². The Labute approximate surface area is 363 Å². The molecule has 2 aliphatic heterocycles. The summed E-state index contributed by atoms with van der Waals surface area (Å²) in [7, 11) is 0. The minimum absolute atomic E-state index is 0.0189. The third-order valence-corrected chi connectivity index (χ3v) is 12.7. The number of nitrogens with zero attached hydrogens (tertiary/aromatic N) is 2. The van der Waals surface area contributed by atoms with Gasteiger partial charge in [-0.15, -0.1) is 0 Å². The summed E-state index contributed by atoms with van der Waals surface area (Å²) in [5.41, 5.74) is 3.09. The minimum atomic E-state index is -1.23. The monoisotopic (exact) mass is 846 g/mol. The molecule has 328 valence electrons. The molecule has 3 heterocycles. The molecule has 2 aliphatic carbocycles. The lowest BCUT2D eigenvalue weighted by Gasteiger charge is -2.37. The third kappa shape index (κ3) is 9.62. The van der Waals surface area contributed by atoms with E-state index in [4.69, 9.17) is 24.3 Å². The zero-order valence-electron chi connectivity index (χ0n) is 36.4. The van der Waals surface area contributed by atoms with Crippen molar-refractivity contribution in [3.05, 3.63) is 88.8 Å². The molecule has 0 radical (unpaired) electrons. The van der Waals surface area contributed by atoms with Gasteiger partial charge in [0.15, 0.2) is 5.84 Å². The van der Waals surface area contributed by atoms with Crippen LogP contribution in [0.15, 0.2) is 76.9 Å². The smallest absolute Gasteiger partial charge is 0.342 e. The van der Waals surface area contributed by atoms with E-state index >= 15 is 0 Å². The SMILES string of the molecule is CC1CC(C)C(OC(=O)C2=C(c3ccccc3)C(=Cc3[nH]c(NC(=O)COCC(=O)O)c(C(=O)OC4C(C)CC(C)CC4C)c3-c3ccccc3)N=C2N2CCCC2=O)C(C)C1. The van der Waals surface area contributed by atoms with Gasteiger partial charge in [0.05, 0.1) is 11.4 Å². The van der Waals surface area contributed by atoms with Crippen molar-refractivity contribution < 1.29 is 43.3 Å². The maximum Gasteiger partial charge on any atom is 0.342 e. The number of likely N-dealkylation sites (tertiary alicyclic amines) is 1. The zero-order valence-corrected chi connectivity index (χ0v) is 36.4. The summed E-state index contributed by atoms with van der Waals surface area (Å²) in [4.78, 5) is 77.5. The van der Waals surface area contributed by atoms with Gasteiger partial charge in [-0.05, 0) is 84.8 Å². The van der Waals surface area contributed by atoms with Crippen molar-refractivity contribution in [2.24, 2.45) is 40.5 Å². The molecule has 2 aromatic carbocycles. The average Bonchev–Trinajstić information content (AvgIpc) is 3.92. The lowest BCUT2D eigenvalue weighted by Crippen LogP contribution is -2.40. The van der Waals surface area contributed by atoms with Crippen LogP contribution >= 0.6 is 0 Å². The number of aliphatic carboxylic acids is 1. The number of aromatic amines is 1. The highest BCUT2D eigenvalue weighted by atomic mass is 16.5. The van der Waals surface area contributed by atoms with Gasteiger partial charge in [0.2, 0.25) is 5.91 Å². The van der Waals surface area contributed by atoms with Gasteiger partial charge in [0.1, 0.15) is 42.4 Å². The molecule has 4 unspecified atom stereocenters. The molecule has 3 fully saturated rings. The number of carboxylic acids is 1. The fraction of sp³-hybridized carbons (Fsp3) is 0.469. The number of hydrogen-bond donors (Lipinski definition) is 3. The van der Waals surface area contributed by atoms with E-state index in [-0.39, 0.29) is 64.6 Å². The predicted octanol–water partition coefficient (Wildman–Crippen LogP) is 8.39. The fourth-order valence-corrected chi connectivity index (χ4v) is 10.3. The number of allylic oxidation sites excluding steroid dienone is 1. The molecule has 1 saturated heterocycles. The van der Waals surface area contributed by atoms with Crippen LogP contribution in [0, 0.1) is 35.5 Å². The van der Waals surface area contributed by atoms with Crippen molar-refractivity contribution in [1.82, 2.24) is 9.88 Å². The van der Waals surface area contributed by atoms with Gasteiger partial charge >= 0.3 is 17.9 Å². The van der Waals surface area contributed by atoms with Gasteiger partial charge in [-0.3, -0.25) is 14.5 Å². The molecule has 4 aliphatic rings. The summed E-state index contributed by atoms with van der Waals surface area (Å²) in [5, 5.41) is 11.9. The van der Waals surface area contributed by atoms with Crippen LogP contribution in [0.5, 0.6) is 0 Å². The highest BCUT2D eigenvalue weighted by molar-refractivity contribution is 6.31. The Bertz CT molecular complexity index is 2260. The van der Waals surface area contributed by atoms with Gasteiger partial charge in [-0.2, -0.15) is 0 Å². The van der Waals surface area contributed by atoms with Gasteiger partial charge in [-0.1, -0.05) is 102 Å². The first kappa shape index (κ1) is 44.2. The Morgan fingerprint density at radius 2 is 1.34 bits per heavy atom. The van der Waals surface area contributed by atoms with Crippen molar-refractivity contribution in [3.63, 3.8) is 0 Å². The topological polar surface area (TPSA) is 177 Å². The number of benzene rings is 2. The first-order chi connectivity index (χ1) is 29.7. The van der Waals surface area contributed by atoms with Crippen molar-refractivity contribution in [1.29, 1.82) is 0 Å². The number of ether oxygens (including phenoxy) is 3. The number of anilines is 1. The molecule has 0 spiro atoms. The maximum atomic E-state index is 14.8. The zero-order chi connectivity index (χ0) is 44.2. The second-order valence-corrected chi connectivity index (χ2v) is 18.0. The highest BCUT2D eigenvalue weighted by Gasteiger charge is 2.42. The van der Waals surface area contributed by atoms with E-state index < -0.39 is 37.0 Å². The number of carbonyl (C=O) groups is 5.